The minimum absolute atomic E-state index is 0.0745. The lowest BCUT2D eigenvalue weighted by atomic mass is 10.1. The van der Waals surface area contributed by atoms with Gasteiger partial charge in [-0.2, -0.15) is 0 Å². The fraction of sp³-hybridized carbons (Fsp3) is 0.125. The van der Waals surface area contributed by atoms with E-state index in [1.807, 2.05) is 13.0 Å². The SMILES string of the molecule is Cc1cc(C#CCO)cc(NC(=O)c2ccncc2F)c1. The van der Waals surface area contributed by atoms with Crippen molar-refractivity contribution in [1.82, 2.24) is 4.98 Å². The van der Waals surface area contributed by atoms with Crippen LogP contribution in [0.3, 0.4) is 0 Å². The number of rotatable bonds is 2. The summed E-state index contributed by atoms with van der Waals surface area (Å²) < 4.78 is 13.5. The van der Waals surface area contributed by atoms with Crippen molar-refractivity contribution in [1.29, 1.82) is 0 Å². The van der Waals surface area contributed by atoms with Crippen molar-refractivity contribution in [2.45, 2.75) is 6.92 Å². The van der Waals surface area contributed by atoms with Crippen LogP contribution >= 0.6 is 0 Å². The maximum Gasteiger partial charge on any atom is 0.258 e. The van der Waals surface area contributed by atoms with Gasteiger partial charge in [0, 0.05) is 17.4 Å². The van der Waals surface area contributed by atoms with Gasteiger partial charge in [-0.15, -0.1) is 0 Å². The Bertz CT molecular complexity index is 733. The number of carbonyl (C=O) groups excluding carboxylic acids is 1. The summed E-state index contributed by atoms with van der Waals surface area (Å²) in [5, 5.41) is 11.3. The zero-order valence-electron chi connectivity index (χ0n) is 11.4. The number of hydrogen-bond acceptors (Lipinski definition) is 3. The molecule has 1 aromatic heterocycles. The van der Waals surface area contributed by atoms with Gasteiger partial charge in [0.15, 0.2) is 5.82 Å². The Morgan fingerprint density at radius 3 is 2.95 bits per heavy atom. The zero-order chi connectivity index (χ0) is 15.2. The van der Waals surface area contributed by atoms with E-state index in [1.165, 1.54) is 12.3 Å². The van der Waals surface area contributed by atoms with Gasteiger partial charge in [0.2, 0.25) is 0 Å². The van der Waals surface area contributed by atoms with Crippen molar-refractivity contribution in [2.24, 2.45) is 0 Å². The number of aryl methyl sites for hydroxylation is 1. The molecule has 0 saturated carbocycles. The lowest BCUT2D eigenvalue weighted by molar-refractivity contribution is 0.102. The van der Waals surface area contributed by atoms with E-state index in [9.17, 15) is 9.18 Å². The summed E-state index contributed by atoms with van der Waals surface area (Å²) in [6.07, 6.45) is 2.34. The van der Waals surface area contributed by atoms with Crippen LogP contribution in [0.2, 0.25) is 0 Å². The Balaban J connectivity index is 2.25. The first-order chi connectivity index (χ1) is 10.1. The molecule has 0 aliphatic carbocycles. The molecule has 1 aromatic carbocycles. The second-order valence-corrected chi connectivity index (χ2v) is 4.36. The van der Waals surface area contributed by atoms with Crippen LogP contribution in [0.5, 0.6) is 0 Å². The van der Waals surface area contributed by atoms with Gasteiger partial charge in [0.25, 0.3) is 5.91 Å². The van der Waals surface area contributed by atoms with Crippen LogP contribution in [0.25, 0.3) is 0 Å². The van der Waals surface area contributed by atoms with Crippen molar-refractivity contribution in [3.8, 4) is 11.8 Å². The number of pyridine rings is 1. The summed E-state index contributed by atoms with van der Waals surface area (Å²) in [6, 6.07) is 6.55. The average molecular weight is 284 g/mol. The molecule has 0 unspecified atom stereocenters. The molecule has 5 heteroatoms. The van der Waals surface area contributed by atoms with Crippen LogP contribution < -0.4 is 5.32 Å². The van der Waals surface area contributed by atoms with Crippen LogP contribution in [0.1, 0.15) is 21.5 Å². The Morgan fingerprint density at radius 1 is 1.43 bits per heavy atom. The predicted octanol–water partition coefficient (Wildman–Crippen LogP) is 2.13. The standard InChI is InChI=1S/C16H13FN2O2/c1-11-7-12(3-2-6-20)9-13(8-11)19-16(21)14-4-5-18-10-15(14)17/h4-5,7-10,20H,6H2,1H3,(H,19,21). The molecule has 0 aliphatic heterocycles. The fourth-order valence-electron chi connectivity index (χ4n) is 1.83. The van der Waals surface area contributed by atoms with Gasteiger partial charge >= 0.3 is 0 Å². The Hall–Kier alpha value is -2.71. The van der Waals surface area contributed by atoms with E-state index in [-0.39, 0.29) is 12.2 Å². The number of benzene rings is 1. The molecule has 0 atom stereocenters. The van der Waals surface area contributed by atoms with Crippen LogP contribution in [-0.4, -0.2) is 22.6 Å². The topological polar surface area (TPSA) is 62.2 Å². The summed E-state index contributed by atoms with van der Waals surface area (Å²) in [6.45, 7) is 1.62. The number of carbonyl (C=O) groups is 1. The number of aromatic nitrogens is 1. The van der Waals surface area contributed by atoms with Crippen molar-refractivity contribution >= 4 is 11.6 Å². The molecule has 0 spiro atoms. The van der Waals surface area contributed by atoms with E-state index in [0.717, 1.165) is 11.8 Å². The highest BCUT2D eigenvalue weighted by atomic mass is 19.1. The summed E-state index contributed by atoms with van der Waals surface area (Å²) in [5.74, 6) is 4.07. The molecule has 2 aromatic rings. The number of halogens is 1. The van der Waals surface area contributed by atoms with Gasteiger partial charge in [-0.05, 0) is 36.8 Å². The molecular weight excluding hydrogens is 271 g/mol. The number of aliphatic hydroxyl groups is 1. The van der Waals surface area contributed by atoms with Crippen molar-refractivity contribution in [2.75, 3.05) is 11.9 Å². The van der Waals surface area contributed by atoms with Crippen LogP contribution in [0, 0.1) is 24.6 Å². The zero-order valence-corrected chi connectivity index (χ0v) is 11.4. The lowest BCUT2D eigenvalue weighted by Gasteiger charge is -2.07. The summed E-state index contributed by atoms with van der Waals surface area (Å²) in [7, 11) is 0. The number of anilines is 1. The number of amides is 1. The van der Waals surface area contributed by atoms with Gasteiger partial charge in [0.1, 0.15) is 6.61 Å². The Morgan fingerprint density at radius 2 is 2.24 bits per heavy atom. The van der Waals surface area contributed by atoms with Gasteiger partial charge in [-0.25, -0.2) is 4.39 Å². The second kappa shape index (κ2) is 6.64. The fourth-order valence-corrected chi connectivity index (χ4v) is 1.83. The van der Waals surface area contributed by atoms with E-state index in [4.69, 9.17) is 5.11 Å². The highest BCUT2D eigenvalue weighted by Gasteiger charge is 2.11. The molecule has 106 valence electrons. The van der Waals surface area contributed by atoms with Crippen LogP contribution in [-0.2, 0) is 0 Å². The van der Waals surface area contributed by atoms with E-state index in [2.05, 4.69) is 22.1 Å². The first-order valence-electron chi connectivity index (χ1n) is 6.22. The van der Waals surface area contributed by atoms with E-state index in [1.54, 1.807) is 12.1 Å². The molecule has 2 rings (SSSR count). The average Bonchev–Trinajstić information content (AvgIpc) is 2.45. The third-order valence-electron chi connectivity index (χ3n) is 2.66. The first-order valence-corrected chi connectivity index (χ1v) is 6.22. The maximum absolute atomic E-state index is 13.5. The Labute approximate surface area is 121 Å². The molecular formula is C16H13FN2O2. The molecule has 2 N–H and O–H groups in total. The smallest absolute Gasteiger partial charge is 0.258 e. The highest BCUT2D eigenvalue weighted by Crippen LogP contribution is 2.16. The summed E-state index contributed by atoms with van der Waals surface area (Å²) in [4.78, 5) is 15.6. The van der Waals surface area contributed by atoms with Gasteiger partial charge in [-0.3, -0.25) is 9.78 Å². The third-order valence-corrected chi connectivity index (χ3v) is 2.66. The van der Waals surface area contributed by atoms with Gasteiger partial charge < -0.3 is 10.4 Å². The molecule has 0 radical (unpaired) electrons. The normalized spacial score (nSPS) is 9.67. The molecule has 21 heavy (non-hydrogen) atoms. The van der Waals surface area contributed by atoms with Crippen molar-refractivity contribution in [3.63, 3.8) is 0 Å². The van der Waals surface area contributed by atoms with Crippen molar-refractivity contribution in [3.05, 3.63) is 59.2 Å². The quantitative estimate of drug-likeness (QED) is 0.830. The maximum atomic E-state index is 13.5. The number of nitrogens with zero attached hydrogens (tertiary/aromatic N) is 1. The van der Waals surface area contributed by atoms with Gasteiger partial charge in [-0.1, -0.05) is 11.8 Å². The highest BCUT2D eigenvalue weighted by molar-refractivity contribution is 6.04. The molecule has 0 saturated heterocycles. The monoisotopic (exact) mass is 284 g/mol. The largest absolute Gasteiger partial charge is 0.384 e. The predicted molar refractivity (Wildman–Crippen MR) is 77.3 cm³/mol. The summed E-state index contributed by atoms with van der Waals surface area (Å²) >= 11 is 0. The number of hydrogen-bond donors (Lipinski definition) is 2. The molecule has 0 bridgehead atoms. The third kappa shape index (κ3) is 3.88. The Kier molecular flexibility index (Phi) is 4.64. The number of nitrogens with one attached hydrogen (secondary N) is 1. The molecule has 1 amide bonds. The van der Waals surface area contributed by atoms with Crippen LogP contribution in [0.4, 0.5) is 10.1 Å². The molecule has 0 fully saturated rings. The minimum Gasteiger partial charge on any atom is -0.384 e. The first kappa shape index (κ1) is 14.7. The van der Waals surface area contributed by atoms with E-state index in [0.29, 0.717) is 11.3 Å². The molecule has 1 heterocycles. The second-order valence-electron chi connectivity index (χ2n) is 4.36. The molecule has 0 aliphatic rings. The lowest BCUT2D eigenvalue weighted by Crippen LogP contribution is -2.14. The van der Waals surface area contributed by atoms with E-state index >= 15 is 0 Å². The van der Waals surface area contributed by atoms with E-state index < -0.39 is 11.7 Å². The number of aliphatic hydroxyl groups excluding tert-OH is 1. The minimum atomic E-state index is -0.678. The van der Waals surface area contributed by atoms with Crippen molar-refractivity contribution < 1.29 is 14.3 Å². The van der Waals surface area contributed by atoms with Gasteiger partial charge in [0.05, 0.1) is 11.8 Å². The molecule has 4 nitrogen and oxygen atoms in total. The summed E-state index contributed by atoms with van der Waals surface area (Å²) in [5.41, 5.74) is 1.99. The van der Waals surface area contributed by atoms with Crippen LogP contribution in [0.15, 0.2) is 36.7 Å².